The van der Waals surface area contributed by atoms with Crippen LogP contribution in [0.5, 0.6) is 5.75 Å². The lowest BCUT2D eigenvalue weighted by Crippen LogP contribution is -2.59. The summed E-state index contributed by atoms with van der Waals surface area (Å²) in [5, 5.41) is 9.42. The van der Waals surface area contributed by atoms with Gasteiger partial charge in [-0.3, -0.25) is 9.47 Å². The molecule has 2 aromatic heterocycles. The van der Waals surface area contributed by atoms with E-state index < -0.39 is 18.1 Å². The van der Waals surface area contributed by atoms with Crippen molar-refractivity contribution in [1.82, 2.24) is 19.4 Å². The summed E-state index contributed by atoms with van der Waals surface area (Å²) >= 11 is 0. The van der Waals surface area contributed by atoms with E-state index in [9.17, 15) is 18.8 Å². The van der Waals surface area contributed by atoms with Crippen molar-refractivity contribution in [3.63, 3.8) is 0 Å². The van der Waals surface area contributed by atoms with Crippen molar-refractivity contribution in [2.24, 2.45) is 7.05 Å². The molecule has 0 aliphatic carbocycles. The van der Waals surface area contributed by atoms with Gasteiger partial charge in [0.25, 0.3) is 0 Å². The lowest BCUT2D eigenvalue weighted by molar-refractivity contribution is -0.0500. The number of piperazine rings is 1. The lowest BCUT2D eigenvalue weighted by Gasteiger charge is -2.49. The van der Waals surface area contributed by atoms with Gasteiger partial charge in [-0.2, -0.15) is 19.0 Å². The van der Waals surface area contributed by atoms with Crippen LogP contribution in [0.3, 0.4) is 0 Å². The number of fused-ring (bicyclic) bond motifs is 1. The Morgan fingerprint density at radius 3 is 2.45 bits per heavy atom. The van der Waals surface area contributed by atoms with E-state index in [1.807, 2.05) is 20.8 Å². The number of rotatable bonds is 8. The fourth-order valence-corrected chi connectivity index (χ4v) is 5.38. The summed E-state index contributed by atoms with van der Waals surface area (Å²) in [5.41, 5.74) is 1.32. The molecule has 11 heteroatoms. The number of anilines is 1. The molecule has 1 unspecified atom stereocenters. The highest BCUT2D eigenvalue weighted by atomic mass is 19.3. The molecule has 1 aliphatic heterocycles. The molecule has 1 aromatic carbocycles. The minimum Gasteiger partial charge on any atom is -0.435 e. The monoisotopic (exact) mass is 528 g/mol. The third kappa shape index (κ3) is 5.18. The summed E-state index contributed by atoms with van der Waals surface area (Å²) < 4.78 is 46.1. The summed E-state index contributed by atoms with van der Waals surface area (Å²) in [5.74, 6) is -0.363. The summed E-state index contributed by atoms with van der Waals surface area (Å²) in [6.45, 7) is 4.12. The maximum absolute atomic E-state index is 15.1. The first-order valence-electron chi connectivity index (χ1n) is 12.8. The molecule has 0 bridgehead atoms. The zero-order valence-electron chi connectivity index (χ0n) is 21.9. The Kier molecular flexibility index (Phi) is 8.21. The zero-order valence-corrected chi connectivity index (χ0v) is 21.9. The van der Waals surface area contributed by atoms with Crippen LogP contribution in [-0.4, -0.2) is 51.2 Å². The van der Waals surface area contributed by atoms with Gasteiger partial charge in [-0.15, -0.1) is 0 Å². The molecule has 3 atom stereocenters. The molecular weight excluding hydrogens is 497 g/mol. The molecular formula is C27H31F3N6O2. The van der Waals surface area contributed by atoms with E-state index in [4.69, 9.17) is 0 Å². The second-order valence-electron chi connectivity index (χ2n) is 9.41. The standard InChI is InChI=1S/C27H31F3N6O2/c1-5-17-15-36(25-24-23(34(4)27(37)33-25)11-8-16(13-31)32-24)18(6-2)14-35(17)22(7-3)20-10-9-19(12-21(20)28)38-26(29)30/h8-12,17-18,22,26H,5-7,14-15H2,1-4H3/t17-,18+,22?/m1/s1. The molecule has 1 aliphatic rings. The second-order valence-corrected chi connectivity index (χ2v) is 9.41. The van der Waals surface area contributed by atoms with Gasteiger partial charge in [0, 0.05) is 49.9 Å². The van der Waals surface area contributed by atoms with Crippen molar-refractivity contribution in [3.05, 3.63) is 57.9 Å². The first-order valence-corrected chi connectivity index (χ1v) is 12.8. The second kappa shape index (κ2) is 11.4. The summed E-state index contributed by atoms with van der Waals surface area (Å²) in [6.07, 6.45) is 2.08. The first-order chi connectivity index (χ1) is 18.2. The van der Waals surface area contributed by atoms with Crippen molar-refractivity contribution in [3.8, 4) is 11.8 Å². The molecule has 8 nitrogen and oxygen atoms in total. The van der Waals surface area contributed by atoms with Crippen LogP contribution in [-0.2, 0) is 7.05 Å². The summed E-state index contributed by atoms with van der Waals surface area (Å²) in [4.78, 5) is 26.0. The Labute approximate surface area is 219 Å². The quantitative estimate of drug-likeness (QED) is 0.416. The highest BCUT2D eigenvalue weighted by Crippen LogP contribution is 2.36. The molecule has 0 radical (unpaired) electrons. The van der Waals surface area contributed by atoms with Gasteiger partial charge in [0.15, 0.2) is 5.82 Å². The predicted molar refractivity (Wildman–Crippen MR) is 138 cm³/mol. The van der Waals surface area contributed by atoms with Gasteiger partial charge in [0.2, 0.25) is 0 Å². The average molecular weight is 529 g/mol. The van der Waals surface area contributed by atoms with Gasteiger partial charge in [0.05, 0.1) is 5.52 Å². The Morgan fingerprint density at radius 1 is 1.11 bits per heavy atom. The molecule has 1 saturated heterocycles. The minimum atomic E-state index is -3.02. The Hall–Kier alpha value is -3.65. The number of nitrogens with zero attached hydrogens (tertiary/aromatic N) is 6. The molecule has 38 heavy (non-hydrogen) atoms. The van der Waals surface area contributed by atoms with Crippen molar-refractivity contribution in [1.29, 1.82) is 5.26 Å². The molecule has 0 spiro atoms. The minimum absolute atomic E-state index is 0.0146. The van der Waals surface area contributed by atoms with Gasteiger partial charge in [-0.25, -0.2) is 14.2 Å². The van der Waals surface area contributed by atoms with Crippen LogP contribution < -0.4 is 15.3 Å². The maximum Gasteiger partial charge on any atom is 0.387 e. The van der Waals surface area contributed by atoms with E-state index >= 15 is 4.39 Å². The Bertz CT molecular complexity index is 1410. The molecule has 0 N–H and O–H groups in total. The van der Waals surface area contributed by atoms with Crippen molar-refractivity contribution >= 4 is 16.9 Å². The first kappa shape index (κ1) is 27.4. The van der Waals surface area contributed by atoms with Gasteiger partial charge in [-0.05, 0) is 37.5 Å². The van der Waals surface area contributed by atoms with Gasteiger partial charge in [-0.1, -0.05) is 26.8 Å². The Morgan fingerprint density at radius 2 is 1.84 bits per heavy atom. The molecule has 3 heterocycles. The van der Waals surface area contributed by atoms with Crippen LogP contribution in [0.2, 0.25) is 0 Å². The number of hydrogen-bond donors (Lipinski definition) is 0. The number of nitriles is 1. The number of halogens is 3. The molecule has 4 rings (SSSR count). The van der Waals surface area contributed by atoms with Crippen molar-refractivity contribution in [2.75, 3.05) is 18.0 Å². The molecule has 202 valence electrons. The summed E-state index contributed by atoms with van der Waals surface area (Å²) in [7, 11) is 1.62. The third-order valence-electron chi connectivity index (χ3n) is 7.35. The number of benzene rings is 1. The van der Waals surface area contributed by atoms with Gasteiger partial charge < -0.3 is 9.64 Å². The average Bonchev–Trinajstić information content (AvgIpc) is 2.91. The third-order valence-corrected chi connectivity index (χ3v) is 7.35. The number of hydrogen-bond acceptors (Lipinski definition) is 7. The highest BCUT2D eigenvalue weighted by Gasteiger charge is 2.38. The summed E-state index contributed by atoms with van der Waals surface area (Å²) in [6, 6.07) is 8.88. The van der Waals surface area contributed by atoms with E-state index in [0.717, 1.165) is 18.9 Å². The predicted octanol–water partition coefficient (Wildman–Crippen LogP) is 4.77. The largest absolute Gasteiger partial charge is 0.435 e. The van der Waals surface area contributed by atoms with E-state index in [2.05, 4.69) is 30.6 Å². The fraction of sp³-hybridized carbons (Fsp3) is 0.481. The normalized spacial score (nSPS) is 19.1. The molecule has 1 fully saturated rings. The molecule has 0 saturated carbocycles. The smallest absolute Gasteiger partial charge is 0.387 e. The van der Waals surface area contributed by atoms with Crippen LogP contribution in [0, 0.1) is 17.1 Å². The van der Waals surface area contributed by atoms with Crippen LogP contribution in [0.25, 0.3) is 11.0 Å². The van der Waals surface area contributed by atoms with E-state index in [0.29, 0.717) is 41.9 Å². The zero-order chi connectivity index (χ0) is 27.6. The van der Waals surface area contributed by atoms with Crippen LogP contribution in [0.15, 0.2) is 35.1 Å². The number of aryl methyl sites for hydroxylation is 1. The van der Waals surface area contributed by atoms with E-state index in [1.54, 1.807) is 19.2 Å². The molecule has 3 aromatic rings. The van der Waals surface area contributed by atoms with Crippen LogP contribution in [0.4, 0.5) is 19.0 Å². The highest BCUT2D eigenvalue weighted by molar-refractivity contribution is 5.86. The van der Waals surface area contributed by atoms with E-state index in [-0.39, 0.29) is 29.6 Å². The lowest BCUT2D eigenvalue weighted by atomic mass is 9.94. The maximum atomic E-state index is 15.1. The SMILES string of the molecule is CCC(c1ccc(OC(F)F)cc1F)N1C[C@H](CC)N(c2nc(=O)n(C)c3ccc(C#N)nc23)C[C@H]1CC. The van der Waals surface area contributed by atoms with Crippen molar-refractivity contribution in [2.45, 2.75) is 64.8 Å². The number of aromatic nitrogens is 3. The van der Waals surface area contributed by atoms with E-state index in [1.165, 1.54) is 16.7 Å². The van der Waals surface area contributed by atoms with Crippen LogP contribution in [0.1, 0.15) is 57.3 Å². The molecule has 0 amide bonds. The topological polar surface area (TPSA) is 87.3 Å². The number of ether oxygens (including phenoxy) is 1. The fourth-order valence-electron chi connectivity index (χ4n) is 5.38. The number of alkyl halides is 2. The van der Waals surface area contributed by atoms with Crippen molar-refractivity contribution < 1.29 is 17.9 Å². The van der Waals surface area contributed by atoms with Gasteiger partial charge >= 0.3 is 12.3 Å². The Balaban J connectivity index is 1.73. The van der Waals surface area contributed by atoms with Crippen LogP contribution >= 0.6 is 0 Å². The van der Waals surface area contributed by atoms with Gasteiger partial charge in [0.1, 0.15) is 28.8 Å². The number of pyridine rings is 1.